The summed E-state index contributed by atoms with van der Waals surface area (Å²) in [4.78, 5) is 11.5. The van der Waals surface area contributed by atoms with Crippen molar-refractivity contribution in [3.63, 3.8) is 0 Å². The summed E-state index contributed by atoms with van der Waals surface area (Å²) in [7, 11) is 0. The van der Waals surface area contributed by atoms with Crippen molar-refractivity contribution in [2.45, 2.75) is 78.7 Å². The maximum atomic E-state index is 11.5. The van der Waals surface area contributed by atoms with Crippen LogP contribution in [0.15, 0.2) is 0 Å². The summed E-state index contributed by atoms with van der Waals surface area (Å²) in [5.41, 5.74) is -0.236. The second kappa shape index (κ2) is 5.83. The highest BCUT2D eigenvalue weighted by atomic mass is 16.6. The summed E-state index contributed by atoms with van der Waals surface area (Å²) >= 11 is 0. The van der Waals surface area contributed by atoms with Gasteiger partial charge in [0.15, 0.2) is 0 Å². The van der Waals surface area contributed by atoms with E-state index in [2.05, 4.69) is 27.7 Å². The zero-order chi connectivity index (χ0) is 16.1. The van der Waals surface area contributed by atoms with Crippen LogP contribution in [0.2, 0.25) is 0 Å². The molecule has 22 heavy (non-hydrogen) atoms. The first-order valence-electron chi connectivity index (χ1n) is 9.55. The molecule has 0 aromatic carbocycles. The SMILES string of the molecule is CCC(C)(OC(C)=O)C1CC2CCC1CC2CC1C(C)C1C. The molecular formula is C20H34O2. The van der Waals surface area contributed by atoms with Crippen LogP contribution in [-0.2, 0) is 9.53 Å². The molecule has 0 heterocycles. The Morgan fingerprint density at radius 3 is 2.23 bits per heavy atom. The van der Waals surface area contributed by atoms with E-state index in [0.29, 0.717) is 5.92 Å². The van der Waals surface area contributed by atoms with Gasteiger partial charge in [0.1, 0.15) is 5.60 Å². The van der Waals surface area contributed by atoms with Crippen LogP contribution in [0, 0.1) is 41.4 Å². The molecule has 0 N–H and O–H groups in total. The molecule has 0 saturated heterocycles. The highest BCUT2D eigenvalue weighted by molar-refractivity contribution is 5.66. The molecule has 7 atom stereocenters. The maximum Gasteiger partial charge on any atom is 0.303 e. The fourth-order valence-electron chi connectivity index (χ4n) is 5.88. The van der Waals surface area contributed by atoms with Gasteiger partial charge in [-0.05, 0) is 81.0 Å². The second-order valence-corrected chi connectivity index (χ2v) is 8.81. The van der Waals surface area contributed by atoms with E-state index in [1.807, 2.05) is 0 Å². The highest BCUT2D eigenvalue weighted by Crippen LogP contribution is 2.58. The lowest BCUT2D eigenvalue weighted by Crippen LogP contribution is -2.50. The molecule has 126 valence electrons. The second-order valence-electron chi connectivity index (χ2n) is 8.81. The summed E-state index contributed by atoms with van der Waals surface area (Å²) in [5, 5.41) is 0. The van der Waals surface area contributed by atoms with Gasteiger partial charge >= 0.3 is 5.97 Å². The molecule has 4 rings (SSSR count). The van der Waals surface area contributed by atoms with Crippen molar-refractivity contribution in [3.05, 3.63) is 0 Å². The molecule has 4 saturated carbocycles. The molecule has 2 bridgehead atoms. The number of rotatable bonds is 5. The molecule has 0 aromatic rings. The van der Waals surface area contributed by atoms with Crippen LogP contribution in [0.25, 0.3) is 0 Å². The summed E-state index contributed by atoms with van der Waals surface area (Å²) in [6.45, 7) is 10.8. The van der Waals surface area contributed by atoms with Crippen LogP contribution in [0.1, 0.15) is 73.1 Å². The molecule has 4 aliphatic rings. The quantitative estimate of drug-likeness (QED) is 0.663. The van der Waals surface area contributed by atoms with Gasteiger partial charge < -0.3 is 4.74 Å². The maximum absolute atomic E-state index is 11.5. The minimum atomic E-state index is -0.236. The Morgan fingerprint density at radius 1 is 1.14 bits per heavy atom. The van der Waals surface area contributed by atoms with Crippen LogP contribution in [0.3, 0.4) is 0 Å². The first-order chi connectivity index (χ1) is 10.4. The molecule has 0 spiro atoms. The number of fused-ring (bicyclic) bond motifs is 3. The van der Waals surface area contributed by atoms with Gasteiger partial charge in [-0.15, -0.1) is 0 Å². The minimum absolute atomic E-state index is 0.108. The van der Waals surface area contributed by atoms with Crippen molar-refractivity contribution >= 4 is 5.97 Å². The van der Waals surface area contributed by atoms with E-state index in [4.69, 9.17) is 4.74 Å². The van der Waals surface area contributed by atoms with E-state index in [1.165, 1.54) is 32.1 Å². The Balaban J connectivity index is 1.65. The van der Waals surface area contributed by atoms with Crippen molar-refractivity contribution in [3.8, 4) is 0 Å². The summed E-state index contributed by atoms with van der Waals surface area (Å²) in [6, 6.07) is 0. The van der Waals surface area contributed by atoms with Crippen LogP contribution in [0.4, 0.5) is 0 Å². The molecule has 7 unspecified atom stereocenters. The van der Waals surface area contributed by atoms with Gasteiger partial charge in [-0.2, -0.15) is 0 Å². The van der Waals surface area contributed by atoms with Gasteiger partial charge in [0, 0.05) is 12.8 Å². The van der Waals surface area contributed by atoms with E-state index < -0.39 is 0 Å². The predicted octanol–water partition coefficient (Wildman–Crippen LogP) is 5.06. The number of ether oxygens (including phenoxy) is 1. The Kier molecular flexibility index (Phi) is 4.33. The number of carbonyl (C=O) groups is 1. The Bertz CT molecular complexity index is 423. The summed E-state index contributed by atoms with van der Waals surface area (Å²) < 4.78 is 5.80. The molecule has 0 aliphatic heterocycles. The van der Waals surface area contributed by atoms with E-state index in [0.717, 1.165) is 41.9 Å². The normalized spacial score (nSPS) is 46.1. The lowest BCUT2D eigenvalue weighted by molar-refractivity contribution is -0.172. The smallest absolute Gasteiger partial charge is 0.303 e. The number of esters is 1. The molecule has 0 aromatic heterocycles. The molecule has 4 aliphatic carbocycles. The number of hydrogen-bond acceptors (Lipinski definition) is 2. The molecule has 2 nitrogen and oxygen atoms in total. The lowest BCUT2D eigenvalue weighted by Gasteiger charge is -2.53. The Labute approximate surface area is 136 Å². The molecule has 0 radical (unpaired) electrons. The average molecular weight is 306 g/mol. The van der Waals surface area contributed by atoms with Crippen molar-refractivity contribution < 1.29 is 9.53 Å². The van der Waals surface area contributed by atoms with E-state index in [9.17, 15) is 4.79 Å². The third-order valence-electron chi connectivity index (χ3n) is 7.78. The topological polar surface area (TPSA) is 26.3 Å². The molecular weight excluding hydrogens is 272 g/mol. The Hall–Kier alpha value is -0.530. The van der Waals surface area contributed by atoms with Crippen molar-refractivity contribution in [2.75, 3.05) is 0 Å². The highest BCUT2D eigenvalue weighted by Gasteiger charge is 2.52. The monoisotopic (exact) mass is 306 g/mol. The molecule has 2 heteroatoms. The van der Waals surface area contributed by atoms with Crippen LogP contribution >= 0.6 is 0 Å². The first-order valence-corrected chi connectivity index (χ1v) is 9.55. The number of carbonyl (C=O) groups excluding carboxylic acids is 1. The fraction of sp³-hybridized carbons (Fsp3) is 0.950. The molecule has 0 amide bonds. The standard InChI is InChI=1S/C20H34O2/c1-6-20(5,22-14(4)21)19-11-15-7-8-16(19)9-17(15)10-18-12(2)13(18)3/h12-13,15-19H,6-11H2,1-5H3. The van der Waals surface area contributed by atoms with Gasteiger partial charge in [-0.25, -0.2) is 0 Å². The third kappa shape index (κ3) is 2.83. The van der Waals surface area contributed by atoms with Crippen LogP contribution in [0.5, 0.6) is 0 Å². The van der Waals surface area contributed by atoms with Gasteiger partial charge in [0.25, 0.3) is 0 Å². The predicted molar refractivity (Wildman–Crippen MR) is 89.3 cm³/mol. The van der Waals surface area contributed by atoms with Crippen molar-refractivity contribution in [2.24, 2.45) is 41.4 Å². The van der Waals surface area contributed by atoms with Gasteiger partial charge in [0.2, 0.25) is 0 Å². The summed E-state index contributed by atoms with van der Waals surface area (Å²) in [5.74, 6) is 6.00. The van der Waals surface area contributed by atoms with E-state index in [-0.39, 0.29) is 11.6 Å². The van der Waals surface area contributed by atoms with Gasteiger partial charge in [-0.1, -0.05) is 20.8 Å². The lowest BCUT2D eigenvalue weighted by atomic mass is 9.55. The zero-order valence-electron chi connectivity index (χ0n) is 15.1. The largest absolute Gasteiger partial charge is 0.459 e. The van der Waals surface area contributed by atoms with Crippen molar-refractivity contribution in [1.82, 2.24) is 0 Å². The van der Waals surface area contributed by atoms with Crippen molar-refractivity contribution in [1.29, 1.82) is 0 Å². The van der Waals surface area contributed by atoms with Crippen LogP contribution in [-0.4, -0.2) is 11.6 Å². The summed E-state index contributed by atoms with van der Waals surface area (Å²) in [6.07, 6.45) is 7.87. The number of hydrogen-bond donors (Lipinski definition) is 0. The van der Waals surface area contributed by atoms with Crippen LogP contribution < -0.4 is 0 Å². The average Bonchev–Trinajstić information content (AvgIpc) is 3.05. The zero-order valence-corrected chi connectivity index (χ0v) is 15.1. The minimum Gasteiger partial charge on any atom is -0.459 e. The molecule has 4 fully saturated rings. The van der Waals surface area contributed by atoms with Gasteiger partial charge in [0.05, 0.1) is 0 Å². The third-order valence-corrected chi connectivity index (χ3v) is 7.78. The van der Waals surface area contributed by atoms with E-state index in [1.54, 1.807) is 6.92 Å². The van der Waals surface area contributed by atoms with Gasteiger partial charge in [-0.3, -0.25) is 4.79 Å². The van der Waals surface area contributed by atoms with E-state index >= 15 is 0 Å². The Morgan fingerprint density at radius 2 is 1.77 bits per heavy atom. The first kappa shape index (κ1) is 16.3. The fourth-order valence-corrected chi connectivity index (χ4v) is 5.88.